The van der Waals surface area contributed by atoms with Gasteiger partial charge in [-0.1, -0.05) is 0 Å². The molecule has 0 saturated carbocycles. The highest BCUT2D eigenvalue weighted by atomic mass is 32.2. The second kappa shape index (κ2) is 8.88. The van der Waals surface area contributed by atoms with E-state index in [-0.39, 0.29) is 17.3 Å². The lowest BCUT2D eigenvalue weighted by Gasteiger charge is -2.34. The molecule has 1 saturated heterocycles. The van der Waals surface area contributed by atoms with Crippen molar-refractivity contribution in [3.63, 3.8) is 0 Å². The Labute approximate surface area is 162 Å². The Bertz CT molecular complexity index is 788. The van der Waals surface area contributed by atoms with Gasteiger partial charge in [0, 0.05) is 54.6 Å². The maximum Gasteiger partial charge on any atom is 0.269 e. The summed E-state index contributed by atoms with van der Waals surface area (Å²) in [6.45, 7) is 4.12. The number of nitro benzene ring substituents is 1. The molecule has 2 aromatic rings. The number of nitro groups is 1. The number of nitrogens with one attached hydrogen (secondary N) is 1. The lowest BCUT2D eigenvalue weighted by Crippen LogP contribution is -2.44. The molecule has 2 aromatic carbocycles. The van der Waals surface area contributed by atoms with Crippen molar-refractivity contribution in [2.24, 2.45) is 0 Å². The molecule has 8 heteroatoms. The molecule has 7 nitrogen and oxygen atoms in total. The SMILES string of the molecule is CN1CCN(c2ccc(NC(=O)CSc3ccc([N+](=O)[O-])cc3)cc2)CC1. The second-order valence-electron chi connectivity index (χ2n) is 6.43. The van der Waals surface area contributed by atoms with Crippen LogP contribution in [-0.2, 0) is 4.79 Å². The summed E-state index contributed by atoms with van der Waals surface area (Å²) in [6.07, 6.45) is 0. The number of nitrogens with zero attached hydrogens (tertiary/aromatic N) is 3. The number of hydrogen-bond acceptors (Lipinski definition) is 6. The number of likely N-dealkylation sites (N-methyl/N-ethyl adjacent to an activating group) is 1. The molecule has 0 bridgehead atoms. The zero-order valence-electron chi connectivity index (χ0n) is 15.1. The molecule has 1 amide bonds. The average molecular weight is 386 g/mol. The minimum Gasteiger partial charge on any atom is -0.369 e. The molecule has 3 rings (SSSR count). The number of thioether (sulfide) groups is 1. The number of carbonyl (C=O) groups is 1. The maximum absolute atomic E-state index is 12.1. The van der Waals surface area contributed by atoms with Gasteiger partial charge in [-0.2, -0.15) is 0 Å². The maximum atomic E-state index is 12.1. The third-order valence-electron chi connectivity index (χ3n) is 4.44. The molecule has 1 N–H and O–H groups in total. The van der Waals surface area contributed by atoms with Gasteiger partial charge in [-0.25, -0.2) is 0 Å². The van der Waals surface area contributed by atoms with Gasteiger partial charge in [-0.15, -0.1) is 11.8 Å². The Balaban J connectivity index is 1.48. The number of piperazine rings is 1. The highest BCUT2D eigenvalue weighted by molar-refractivity contribution is 8.00. The lowest BCUT2D eigenvalue weighted by atomic mass is 10.2. The van der Waals surface area contributed by atoms with Crippen molar-refractivity contribution in [2.75, 3.05) is 49.2 Å². The fourth-order valence-corrected chi connectivity index (χ4v) is 3.53. The molecule has 1 aliphatic heterocycles. The Morgan fingerprint density at radius 3 is 2.30 bits per heavy atom. The van der Waals surface area contributed by atoms with Crippen LogP contribution in [0.25, 0.3) is 0 Å². The fourth-order valence-electron chi connectivity index (χ4n) is 2.83. The molecule has 1 heterocycles. The number of benzene rings is 2. The third-order valence-corrected chi connectivity index (χ3v) is 5.45. The van der Waals surface area contributed by atoms with Gasteiger partial charge >= 0.3 is 0 Å². The molecule has 0 aromatic heterocycles. The first-order chi connectivity index (χ1) is 13.0. The molecular formula is C19H22N4O3S. The number of amides is 1. The van der Waals surface area contributed by atoms with Crippen LogP contribution in [0, 0.1) is 10.1 Å². The van der Waals surface area contributed by atoms with Crippen LogP contribution >= 0.6 is 11.8 Å². The summed E-state index contributed by atoms with van der Waals surface area (Å²) in [7, 11) is 2.13. The van der Waals surface area contributed by atoms with Gasteiger partial charge in [0.25, 0.3) is 5.69 Å². The second-order valence-corrected chi connectivity index (χ2v) is 7.47. The zero-order chi connectivity index (χ0) is 19.2. The Morgan fingerprint density at radius 1 is 1.07 bits per heavy atom. The van der Waals surface area contributed by atoms with Crippen molar-refractivity contribution in [3.05, 3.63) is 58.6 Å². The van der Waals surface area contributed by atoms with Crippen molar-refractivity contribution in [2.45, 2.75) is 4.90 Å². The zero-order valence-corrected chi connectivity index (χ0v) is 15.9. The molecule has 1 aliphatic rings. The number of carbonyl (C=O) groups excluding carboxylic acids is 1. The standard InChI is InChI=1S/C19H22N4O3S/c1-21-10-12-22(13-11-21)16-4-2-15(3-5-16)20-19(24)14-27-18-8-6-17(7-9-18)23(25)26/h2-9H,10-14H2,1H3,(H,20,24). The largest absolute Gasteiger partial charge is 0.369 e. The highest BCUT2D eigenvalue weighted by Crippen LogP contribution is 2.22. The summed E-state index contributed by atoms with van der Waals surface area (Å²) in [5, 5.41) is 13.5. The number of hydrogen-bond donors (Lipinski definition) is 1. The summed E-state index contributed by atoms with van der Waals surface area (Å²) in [4.78, 5) is 27.8. The Kier molecular flexibility index (Phi) is 6.31. The number of non-ortho nitro benzene ring substituents is 1. The lowest BCUT2D eigenvalue weighted by molar-refractivity contribution is -0.384. The first-order valence-electron chi connectivity index (χ1n) is 8.72. The molecule has 0 atom stereocenters. The molecule has 1 fully saturated rings. The molecule has 0 unspecified atom stereocenters. The van der Waals surface area contributed by atoms with E-state index in [1.165, 1.54) is 29.6 Å². The van der Waals surface area contributed by atoms with Crippen LogP contribution in [0.2, 0.25) is 0 Å². The average Bonchev–Trinajstić information content (AvgIpc) is 2.68. The first-order valence-corrected chi connectivity index (χ1v) is 9.70. The Hall–Kier alpha value is -2.58. The van der Waals surface area contributed by atoms with Crippen molar-refractivity contribution in [3.8, 4) is 0 Å². The summed E-state index contributed by atoms with van der Waals surface area (Å²) >= 11 is 1.35. The topological polar surface area (TPSA) is 78.7 Å². The summed E-state index contributed by atoms with van der Waals surface area (Å²) < 4.78 is 0. The molecule has 0 spiro atoms. The normalized spacial score (nSPS) is 14.8. The van der Waals surface area contributed by atoms with Crippen molar-refractivity contribution >= 4 is 34.7 Å². The summed E-state index contributed by atoms with van der Waals surface area (Å²) in [5.41, 5.74) is 1.98. The number of anilines is 2. The van der Waals surface area contributed by atoms with Crippen molar-refractivity contribution in [1.29, 1.82) is 0 Å². The molecule has 0 radical (unpaired) electrons. The van der Waals surface area contributed by atoms with Gasteiger partial charge in [0.05, 0.1) is 10.7 Å². The monoisotopic (exact) mass is 386 g/mol. The quantitative estimate of drug-likeness (QED) is 0.467. The molecule has 142 valence electrons. The highest BCUT2D eigenvalue weighted by Gasteiger charge is 2.14. The van der Waals surface area contributed by atoms with Crippen LogP contribution in [-0.4, -0.2) is 54.7 Å². The van der Waals surface area contributed by atoms with Gasteiger partial charge in [-0.3, -0.25) is 14.9 Å². The first kappa shape index (κ1) is 19.2. The predicted octanol–water partition coefficient (Wildman–Crippen LogP) is 3.08. The smallest absolute Gasteiger partial charge is 0.269 e. The van der Waals surface area contributed by atoms with E-state index in [1.54, 1.807) is 12.1 Å². The van der Waals surface area contributed by atoms with E-state index in [4.69, 9.17) is 0 Å². The van der Waals surface area contributed by atoms with E-state index in [9.17, 15) is 14.9 Å². The van der Waals surface area contributed by atoms with Gasteiger partial charge in [0.1, 0.15) is 0 Å². The van der Waals surface area contributed by atoms with E-state index >= 15 is 0 Å². The molecular weight excluding hydrogens is 364 g/mol. The fraction of sp³-hybridized carbons (Fsp3) is 0.316. The van der Waals surface area contributed by atoms with Gasteiger partial charge in [-0.05, 0) is 43.4 Å². The van der Waals surface area contributed by atoms with Crippen molar-refractivity contribution < 1.29 is 9.72 Å². The minimum absolute atomic E-state index is 0.0456. The van der Waals surface area contributed by atoms with Crippen LogP contribution in [0.1, 0.15) is 0 Å². The van der Waals surface area contributed by atoms with Crippen LogP contribution in [0.4, 0.5) is 17.1 Å². The van der Waals surface area contributed by atoms with E-state index in [0.29, 0.717) is 0 Å². The van der Waals surface area contributed by atoms with E-state index in [1.807, 2.05) is 24.3 Å². The van der Waals surface area contributed by atoms with E-state index in [2.05, 4.69) is 22.2 Å². The third kappa shape index (κ3) is 5.45. The van der Waals surface area contributed by atoms with Crippen molar-refractivity contribution in [1.82, 2.24) is 4.90 Å². The van der Waals surface area contributed by atoms with Crippen LogP contribution in [0.5, 0.6) is 0 Å². The molecule has 27 heavy (non-hydrogen) atoms. The van der Waals surface area contributed by atoms with Crippen LogP contribution in [0.15, 0.2) is 53.4 Å². The Morgan fingerprint density at radius 2 is 1.70 bits per heavy atom. The van der Waals surface area contributed by atoms with E-state index in [0.717, 1.165) is 36.8 Å². The van der Waals surface area contributed by atoms with Gasteiger partial charge in [0.15, 0.2) is 0 Å². The number of rotatable bonds is 6. The minimum atomic E-state index is -0.438. The van der Waals surface area contributed by atoms with E-state index < -0.39 is 4.92 Å². The van der Waals surface area contributed by atoms with Crippen LogP contribution in [0.3, 0.4) is 0 Å². The van der Waals surface area contributed by atoms with Gasteiger partial charge in [0.2, 0.25) is 5.91 Å². The van der Waals surface area contributed by atoms with Crippen LogP contribution < -0.4 is 10.2 Å². The summed E-state index contributed by atoms with van der Waals surface area (Å²) in [6, 6.07) is 14.1. The predicted molar refractivity (Wildman–Crippen MR) is 109 cm³/mol. The molecule has 0 aliphatic carbocycles. The summed E-state index contributed by atoms with van der Waals surface area (Å²) in [5.74, 6) is 0.142. The van der Waals surface area contributed by atoms with Gasteiger partial charge < -0.3 is 15.1 Å².